The summed E-state index contributed by atoms with van der Waals surface area (Å²) >= 11 is 0. The molecule has 1 rings (SSSR count). The van der Waals surface area contributed by atoms with Gasteiger partial charge < -0.3 is 16.2 Å². The second-order valence-electron chi connectivity index (χ2n) is 3.98. The van der Waals surface area contributed by atoms with E-state index < -0.39 is 10.0 Å². The molecule has 1 aromatic rings. The number of sulfonamides is 1. The van der Waals surface area contributed by atoms with Crippen LogP contribution >= 0.6 is 0 Å². The van der Waals surface area contributed by atoms with Crippen LogP contribution in [0.4, 0.5) is 11.4 Å². The first-order valence-corrected chi connectivity index (χ1v) is 7.15. The number of benzene rings is 1. The SMILES string of the molecule is CCNS(=O)(=O)c1ccc(N)c(NC(C)CO)c1. The molecule has 0 saturated heterocycles. The number of nitrogens with one attached hydrogen (secondary N) is 2. The Morgan fingerprint density at radius 1 is 1.44 bits per heavy atom. The number of nitrogen functional groups attached to an aromatic ring is 1. The summed E-state index contributed by atoms with van der Waals surface area (Å²) in [5.74, 6) is 0. The summed E-state index contributed by atoms with van der Waals surface area (Å²) in [5.41, 5.74) is 6.68. The molecule has 0 heterocycles. The first-order chi connectivity index (χ1) is 8.40. The van der Waals surface area contributed by atoms with Crippen LogP contribution in [0.2, 0.25) is 0 Å². The molecule has 5 N–H and O–H groups in total. The number of aliphatic hydroxyl groups excluding tert-OH is 1. The zero-order chi connectivity index (χ0) is 13.8. The molecule has 6 nitrogen and oxygen atoms in total. The molecule has 0 saturated carbocycles. The average molecular weight is 273 g/mol. The Labute approximate surface area is 107 Å². The Morgan fingerprint density at radius 3 is 2.67 bits per heavy atom. The van der Waals surface area contributed by atoms with E-state index >= 15 is 0 Å². The van der Waals surface area contributed by atoms with E-state index in [0.29, 0.717) is 17.9 Å². The molecule has 0 aromatic heterocycles. The van der Waals surface area contributed by atoms with E-state index in [1.807, 2.05) is 0 Å². The smallest absolute Gasteiger partial charge is 0.240 e. The van der Waals surface area contributed by atoms with Crippen molar-refractivity contribution in [3.8, 4) is 0 Å². The van der Waals surface area contributed by atoms with Crippen LogP contribution in [0.25, 0.3) is 0 Å². The van der Waals surface area contributed by atoms with Crippen LogP contribution in [-0.4, -0.2) is 32.7 Å². The molecule has 0 aliphatic carbocycles. The monoisotopic (exact) mass is 273 g/mol. The van der Waals surface area contributed by atoms with Gasteiger partial charge in [0.05, 0.1) is 22.9 Å². The Balaban J connectivity index is 3.08. The van der Waals surface area contributed by atoms with E-state index in [2.05, 4.69) is 10.0 Å². The number of nitrogens with two attached hydrogens (primary N) is 1. The largest absolute Gasteiger partial charge is 0.397 e. The minimum absolute atomic E-state index is 0.0658. The fourth-order valence-electron chi connectivity index (χ4n) is 1.41. The van der Waals surface area contributed by atoms with Crippen molar-refractivity contribution in [3.05, 3.63) is 18.2 Å². The summed E-state index contributed by atoms with van der Waals surface area (Å²) in [6, 6.07) is 4.22. The molecule has 0 aliphatic heterocycles. The number of hydrogen-bond donors (Lipinski definition) is 4. The van der Waals surface area contributed by atoms with Crippen molar-refractivity contribution in [3.63, 3.8) is 0 Å². The number of anilines is 2. The van der Waals surface area contributed by atoms with Gasteiger partial charge in [-0.15, -0.1) is 0 Å². The fourth-order valence-corrected chi connectivity index (χ4v) is 2.48. The van der Waals surface area contributed by atoms with E-state index in [4.69, 9.17) is 10.8 Å². The molecule has 18 heavy (non-hydrogen) atoms. The van der Waals surface area contributed by atoms with Gasteiger partial charge in [-0.1, -0.05) is 6.92 Å². The van der Waals surface area contributed by atoms with Gasteiger partial charge in [0.1, 0.15) is 0 Å². The van der Waals surface area contributed by atoms with Crippen molar-refractivity contribution in [2.24, 2.45) is 0 Å². The van der Waals surface area contributed by atoms with Crippen molar-refractivity contribution in [1.29, 1.82) is 0 Å². The van der Waals surface area contributed by atoms with Crippen LogP contribution in [0.15, 0.2) is 23.1 Å². The fraction of sp³-hybridized carbons (Fsp3) is 0.455. The zero-order valence-corrected chi connectivity index (χ0v) is 11.3. The molecule has 0 aliphatic rings. The molecule has 0 amide bonds. The van der Waals surface area contributed by atoms with Gasteiger partial charge in [-0.25, -0.2) is 13.1 Å². The Morgan fingerprint density at radius 2 is 2.11 bits per heavy atom. The maximum atomic E-state index is 11.8. The lowest BCUT2D eigenvalue weighted by Crippen LogP contribution is -2.24. The van der Waals surface area contributed by atoms with E-state index in [0.717, 1.165) is 0 Å². The molecule has 1 unspecified atom stereocenters. The molecule has 0 bridgehead atoms. The van der Waals surface area contributed by atoms with Gasteiger partial charge in [0.25, 0.3) is 0 Å². The van der Waals surface area contributed by atoms with Crippen LogP contribution in [0.3, 0.4) is 0 Å². The van der Waals surface area contributed by atoms with Crippen molar-refractivity contribution in [2.75, 3.05) is 24.2 Å². The van der Waals surface area contributed by atoms with Crippen molar-refractivity contribution >= 4 is 21.4 Å². The minimum Gasteiger partial charge on any atom is -0.397 e. The van der Waals surface area contributed by atoms with Crippen LogP contribution in [0, 0.1) is 0 Å². The maximum Gasteiger partial charge on any atom is 0.240 e. The third-order valence-electron chi connectivity index (χ3n) is 2.35. The van der Waals surface area contributed by atoms with E-state index in [9.17, 15) is 8.42 Å². The van der Waals surface area contributed by atoms with E-state index in [-0.39, 0.29) is 17.5 Å². The summed E-state index contributed by atoms with van der Waals surface area (Å²) < 4.78 is 26.1. The molecule has 0 fully saturated rings. The zero-order valence-electron chi connectivity index (χ0n) is 10.5. The predicted octanol–water partition coefficient (Wildman–Crippen LogP) is 0.360. The third kappa shape index (κ3) is 3.59. The normalized spacial score (nSPS) is 13.3. The molecular formula is C11H19N3O3S. The molecule has 1 atom stereocenters. The highest BCUT2D eigenvalue weighted by molar-refractivity contribution is 7.89. The Kier molecular flexibility index (Phi) is 4.94. The van der Waals surface area contributed by atoms with Gasteiger partial charge in [0, 0.05) is 12.6 Å². The number of hydrogen-bond acceptors (Lipinski definition) is 5. The average Bonchev–Trinajstić information content (AvgIpc) is 2.31. The number of rotatable bonds is 6. The molecule has 7 heteroatoms. The summed E-state index contributed by atoms with van der Waals surface area (Å²) in [4.78, 5) is 0.145. The van der Waals surface area contributed by atoms with Gasteiger partial charge >= 0.3 is 0 Å². The molecule has 0 spiro atoms. The molecule has 0 radical (unpaired) electrons. The van der Waals surface area contributed by atoms with Crippen LogP contribution in [-0.2, 0) is 10.0 Å². The van der Waals surface area contributed by atoms with Gasteiger partial charge in [-0.2, -0.15) is 0 Å². The summed E-state index contributed by atoms with van der Waals surface area (Å²) in [5, 5.41) is 11.9. The quantitative estimate of drug-likeness (QED) is 0.560. The molecule has 1 aromatic carbocycles. The lowest BCUT2D eigenvalue weighted by atomic mass is 10.2. The van der Waals surface area contributed by atoms with Crippen LogP contribution < -0.4 is 15.8 Å². The van der Waals surface area contributed by atoms with Gasteiger partial charge in [0.15, 0.2) is 0 Å². The second kappa shape index (κ2) is 6.03. The molecular weight excluding hydrogens is 254 g/mol. The lowest BCUT2D eigenvalue weighted by molar-refractivity contribution is 0.281. The van der Waals surface area contributed by atoms with Gasteiger partial charge in [-0.05, 0) is 25.1 Å². The molecule has 102 valence electrons. The first kappa shape index (κ1) is 14.7. The van der Waals surface area contributed by atoms with E-state index in [1.165, 1.54) is 18.2 Å². The van der Waals surface area contributed by atoms with Crippen LogP contribution in [0.5, 0.6) is 0 Å². The number of aliphatic hydroxyl groups is 1. The third-order valence-corrected chi connectivity index (χ3v) is 3.89. The van der Waals surface area contributed by atoms with Gasteiger partial charge in [-0.3, -0.25) is 0 Å². The summed E-state index contributed by atoms with van der Waals surface area (Å²) in [6.07, 6.45) is 0. The Hall–Kier alpha value is -1.31. The lowest BCUT2D eigenvalue weighted by Gasteiger charge is -2.15. The highest BCUT2D eigenvalue weighted by Crippen LogP contribution is 2.23. The highest BCUT2D eigenvalue weighted by atomic mass is 32.2. The summed E-state index contributed by atoms with van der Waals surface area (Å²) in [7, 11) is -3.50. The van der Waals surface area contributed by atoms with Crippen molar-refractivity contribution in [1.82, 2.24) is 4.72 Å². The standard InChI is InChI=1S/C11H19N3O3S/c1-3-13-18(16,17)9-4-5-10(12)11(6-9)14-8(2)7-15/h4-6,8,13-15H,3,7,12H2,1-2H3. The van der Waals surface area contributed by atoms with E-state index in [1.54, 1.807) is 13.8 Å². The Bertz CT molecular complexity index is 502. The van der Waals surface area contributed by atoms with Gasteiger partial charge in [0.2, 0.25) is 10.0 Å². The van der Waals surface area contributed by atoms with Crippen molar-refractivity contribution in [2.45, 2.75) is 24.8 Å². The second-order valence-corrected chi connectivity index (χ2v) is 5.75. The van der Waals surface area contributed by atoms with Crippen molar-refractivity contribution < 1.29 is 13.5 Å². The first-order valence-electron chi connectivity index (χ1n) is 5.67. The highest BCUT2D eigenvalue weighted by Gasteiger charge is 2.14. The predicted molar refractivity (Wildman–Crippen MR) is 71.9 cm³/mol. The topological polar surface area (TPSA) is 104 Å². The maximum absolute atomic E-state index is 11.8. The summed E-state index contributed by atoms with van der Waals surface area (Å²) in [6.45, 7) is 3.74. The van der Waals surface area contributed by atoms with Crippen LogP contribution in [0.1, 0.15) is 13.8 Å². The minimum atomic E-state index is -3.50.